The molecule has 0 aliphatic carbocycles. The van der Waals surface area contributed by atoms with E-state index >= 15 is 0 Å². The normalized spacial score (nSPS) is 16.8. The summed E-state index contributed by atoms with van der Waals surface area (Å²) < 4.78 is 0. The van der Waals surface area contributed by atoms with E-state index in [9.17, 15) is 0 Å². The SMILES string of the molecule is C=CC(C)NC(C)CN. The average Bonchev–Trinajstić information content (AvgIpc) is 1.87. The molecule has 0 aromatic heterocycles. The Kier molecular flexibility index (Phi) is 4.36. The highest BCUT2D eigenvalue weighted by Gasteiger charge is 1.99. The minimum absolute atomic E-state index is 0.364. The summed E-state index contributed by atoms with van der Waals surface area (Å²) in [7, 11) is 0. The van der Waals surface area contributed by atoms with Gasteiger partial charge >= 0.3 is 0 Å². The minimum atomic E-state index is 0.364. The zero-order chi connectivity index (χ0) is 7.28. The van der Waals surface area contributed by atoms with Gasteiger partial charge in [0.1, 0.15) is 0 Å². The molecule has 2 nitrogen and oxygen atoms in total. The summed E-state index contributed by atoms with van der Waals surface area (Å²) >= 11 is 0. The van der Waals surface area contributed by atoms with Crippen LogP contribution in [0.1, 0.15) is 13.8 Å². The van der Waals surface area contributed by atoms with Gasteiger partial charge in [-0.3, -0.25) is 0 Å². The maximum Gasteiger partial charge on any atom is 0.0222 e. The number of nitrogens with one attached hydrogen (secondary N) is 1. The Morgan fingerprint density at radius 1 is 1.67 bits per heavy atom. The highest BCUT2D eigenvalue weighted by molar-refractivity contribution is 4.83. The van der Waals surface area contributed by atoms with Crippen molar-refractivity contribution in [3.63, 3.8) is 0 Å². The van der Waals surface area contributed by atoms with Gasteiger partial charge in [0.2, 0.25) is 0 Å². The van der Waals surface area contributed by atoms with Crippen LogP contribution in [-0.2, 0) is 0 Å². The molecule has 0 bridgehead atoms. The first-order chi connectivity index (χ1) is 4.20. The van der Waals surface area contributed by atoms with Gasteiger partial charge in [-0.2, -0.15) is 0 Å². The molecule has 0 spiro atoms. The molecule has 54 valence electrons. The maximum absolute atomic E-state index is 5.38. The highest BCUT2D eigenvalue weighted by Crippen LogP contribution is 1.84. The molecular formula is C7H16N2. The van der Waals surface area contributed by atoms with Crippen molar-refractivity contribution in [2.24, 2.45) is 5.73 Å². The summed E-state index contributed by atoms with van der Waals surface area (Å²) in [5.41, 5.74) is 5.38. The first kappa shape index (κ1) is 8.66. The van der Waals surface area contributed by atoms with Gasteiger partial charge in [0.05, 0.1) is 0 Å². The third-order valence-electron chi connectivity index (χ3n) is 1.25. The molecule has 2 heteroatoms. The molecule has 0 saturated heterocycles. The van der Waals surface area contributed by atoms with Crippen molar-refractivity contribution in [3.8, 4) is 0 Å². The van der Waals surface area contributed by atoms with E-state index in [1.165, 1.54) is 0 Å². The number of nitrogens with two attached hydrogens (primary N) is 1. The van der Waals surface area contributed by atoms with Crippen LogP contribution >= 0.6 is 0 Å². The fourth-order valence-electron chi connectivity index (χ4n) is 0.585. The van der Waals surface area contributed by atoms with Crippen molar-refractivity contribution < 1.29 is 0 Å². The Bertz CT molecular complexity index is 81.0. The molecular weight excluding hydrogens is 112 g/mol. The molecule has 0 aromatic rings. The van der Waals surface area contributed by atoms with Gasteiger partial charge in [0.25, 0.3) is 0 Å². The number of rotatable bonds is 4. The van der Waals surface area contributed by atoms with Crippen LogP contribution < -0.4 is 11.1 Å². The summed E-state index contributed by atoms with van der Waals surface area (Å²) in [4.78, 5) is 0. The third kappa shape index (κ3) is 4.18. The molecule has 9 heavy (non-hydrogen) atoms. The molecule has 2 atom stereocenters. The van der Waals surface area contributed by atoms with Crippen LogP contribution in [0.3, 0.4) is 0 Å². The van der Waals surface area contributed by atoms with Gasteiger partial charge in [0.15, 0.2) is 0 Å². The van der Waals surface area contributed by atoms with Crippen LogP contribution in [0.5, 0.6) is 0 Å². The summed E-state index contributed by atoms with van der Waals surface area (Å²) in [6.45, 7) is 8.43. The molecule has 0 heterocycles. The highest BCUT2D eigenvalue weighted by atomic mass is 14.9. The topological polar surface area (TPSA) is 38.0 Å². The molecule has 0 fully saturated rings. The van der Waals surface area contributed by atoms with Gasteiger partial charge in [-0.25, -0.2) is 0 Å². The minimum Gasteiger partial charge on any atom is -0.329 e. The second-order valence-corrected chi connectivity index (χ2v) is 2.33. The number of hydrogen-bond donors (Lipinski definition) is 2. The molecule has 0 rings (SSSR count). The van der Waals surface area contributed by atoms with Gasteiger partial charge in [0, 0.05) is 18.6 Å². The maximum atomic E-state index is 5.38. The Morgan fingerprint density at radius 3 is 2.56 bits per heavy atom. The fraction of sp³-hybridized carbons (Fsp3) is 0.714. The van der Waals surface area contributed by atoms with Gasteiger partial charge in [-0.15, -0.1) is 6.58 Å². The second kappa shape index (κ2) is 4.53. The van der Waals surface area contributed by atoms with Crippen molar-refractivity contribution in [1.82, 2.24) is 5.32 Å². The van der Waals surface area contributed by atoms with E-state index in [2.05, 4.69) is 25.7 Å². The van der Waals surface area contributed by atoms with Crippen molar-refractivity contribution in [2.45, 2.75) is 25.9 Å². The van der Waals surface area contributed by atoms with Gasteiger partial charge in [-0.05, 0) is 13.8 Å². The van der Waals surface area contributed by atoms with Crippen molar-refractivity contribution >= 4 is 0 Å². The molecule has 0 aromatic carbocycles. The predicted molar refractivity (Wildman–Crippen MR) is 41.3 cm³/mol. The van der Waals surface area contributed by atoms with Crippen LogP contribution in [0.25, 0.3) is 0 Å². The lowest BCUT2D eigenvalue weighted by atomic mass is 10.2. The third-order valence-corrected chi connectivity index (χ3v) is 1.25. The Hall–Kier alpha value is -0.340. The quantitative estimate of drug-likeness (QED) is 0.541. The molecule has 0 aliphatic heterocycles. The van der Waals surface area contributed by atoms with E-state index in [1.54, 1.807) is 0 Å². The molecule has 3 N–H and O–H groups in total. The largest absolute Gasteiger partial charge is 0.329 e. The monoisotopic (exact) mass is 128 g/mol. The van der Waals surface area contributed by atoms with E-state index in [4.69, 9.17) is 5.73 Å². The van der Waals surface area contributed by atoms with Crippen molar-refractivity contribution in [2.75, 3.05) is 6.54 Å². The van der Waals surface area contributed by atoms with Crippen LogP contribution in [0.4, 0.5) is 0 Å². The van der Waals surface area contributed by atoms with E-state index in [0.717, 1.165) is 0 Å². The standard InChI is InChI=1S/C7H16N2/c1-4-6(2)9-7(3)5-8/h4,6-7,9H,1,5,8H2,2-3H3. The van der Waals surface area contributed by atoms with E-state index in [-0.39, 0.29) is 0 Å². The van der Waals surface area contributed by atoms with E-state index in [0.29, 0.717) is 18.6 Å². The fourth-order valence-corrected chi connectivity index (χ4v) is 0.585. The molecule has 0 radical (unpaired) electrons. The first-order valence-electron chi connectivity index (χ1n) is 3.29. The Morgan fingerprint density at radius 2 is 2.22 bits per heavy atom. The summed E-state index contributed by atoms with van der Waals surface area (Å²) in [5, 5.41) is 3.24. The van der Waals surface area contributed by atoms with E-state index in [1.807, 2.05) is 6.08 Å². The smallest absolute Gasteiger partial charge is 0.0222 e. The summed E-state index contributed by atoms with van der Waals surface area (Å²) in [5.74, 6) is 0. The second-order valence-electron chi connectivity index (χ2n) is 2.33. The van der Waals surface area contributed by atoms with Gasteiger partial charge in [-0.1, -0.05) is 6.08 Å². The van der Waals surface area contributed by atoms with Crippen LogP contribution in [-0.4, -0.2) is 18.6 Å². The molecule has 2 unspecified atom stereocenters. The lowest BCUT2D eigenvalue weighted by molar-refractivity contribution is 0.524. The lowest BCUT2D eigenvalue weighted by Crippen LogP contribution is -2.38. The molecule has 0 amide bonds. The first-order valence-corrected chi connectivity index (χ1v) is 3.29. The van der Waals surface area contributed by atoms with Gasteiger partial charge < -0.3 is 11.1 Å². The van der Waals surface area contributed by atoms with Crippen molar-refractivity contribution in [3.05, 3.63) is 12.7 Å². The molecule has 0 aliphatic rings. The Balaban J connectivity index is 3.33. The van der Waals surface area contributed by atoms with Crippen LogP contribution in [0, 0.1) is 0 Å². The number of hydrogen-bond acceptors (Lipinski definition) is 2. The van der Waals surface area contributed by atoms with E-state index < -0.39 is 0 Å². The average molecular weight is 128 g/mol. The van der Waals surface area contributed by atoms with Crippen LogP contribution in [0.2, 0.25) is 0 Å². The summed E-state index contributed by atoms with van der Waals surface area (Å²) in [6, 6.07) is 0.751. The zero-order valence-electron chi connectivity index (χ0n) is 6.22. The zero-order valence-corrected chi connectivity index (χ0v) is 6.22. The van der Waals surface area contributed by atoms with Crippen molar-refractivity contribution in [1.29, 1.82) is 0 Å². The predicted octanol–water partition coefficient (Wildman–Crippen LogP) is 0.498. The molecule has 0 saturated carbocycles. The van der Waals surface area contributed by atoms with Crippen LogP contribution in [0.15, 0.2) is 12.7 Å². The lowest BCUT2D eigenvalue weighted by Gasteiger charge is -2.14. The summed E-state index contributed by atoms with van der Waals surface area (Å²) in [6.07, 6.45) is 1.87. The Labute approximate surface area is 57.1 Å².